The quantitative estimate of drug-likeness (QED) is 0.821. The Morgan fingerprint density at radius 3 is 2.18 bits per heavy atom. The molecule has 0 heterocycles. The zero-order valence-corrected chi connectivity index (χ0v) is 13.1. The maximum atomic E-state index is 13.6. The van der Waals surface area contributed by atoms with Crippen molar-refractivity contribution in [2.24, 2.45) is 0 Å². The molecule has 116 valence electrons. The number of hydrazine groups is 1. The summed E-state index contributed by atoms with van der Waals surface area (Å²) in [6.45, 7) is 0. The molecule has 0 bridgehead atoms. The molecular weight excluding hydrogens is 354 g/mol. The number of nitrogens with one attached hydrogen (secondary N) is 2. The fourth-order valence-electron chi connectivity index (χ4n) is 1.54. The summed E-state index contributed by atoms with van der Waals surface area (Å²) in [6, 6.07) is 8.85. The van der Waals surface area contributed by atoms with Gasteiger partial charge in [-0.1, -0.05) is 23.2 Å². The minimum Gasteiger partial charge on any atom is -0.273 e. The standard InChI is InChI=1S/C13H9Cl2FN2O3S/c14-9-3-1-8(2-4-9)13(19)17-18-22(20,21)12-6-5-10(15)7-11(12)16/h1-7,18H,(H,17,19). The zero-order chi connectivity index (χ0) is 16.3. The van der Waals surface area contributed by atoms with Gasteiger partial charge in [-0.25, -0.2) is 12.8 Å². The molecule has 2 rings (SSSR count). The van der Waals surface area contributed by atoms with E-state index in [2.05, 4.69) is 0 Å². The number of hydrogen-bond donors (Lipinski definition) is 2. The van der Waals surface area contributed by atoms with E-state index in [1.165, 1.54) is 30.3 Å². The highest BCUT2D eigenvalue weighted by molar-refractivity contribution is 7.89. The van der Waals surface area contributed by atoms with Crippen LogP contribution in [0.5, 0.6) is 0 Å². The van der Waals surface area contributed by atoms with Gasteiger partial charge in [0.15, 0.2) is 0 Å². The summed E-state index contributed by atoms with van der Waals surface area (Å²) in [4.78, 5) is 13.0. The van der Waals surface area contributed by atoms with Crippen molar-refractivity contribution in [3.63, 3.8) is 0 Å². The number of hydrogen-bond acceptors (Lipinski definition) is 3. The van der Waals surface area contributed by atoms with Crippen molar-refractivity contribution in [3.8, 4) is 0 Å². The summed E-state index contributed by atoms with van der Waals surface area (Å²) >= 11 is 11.2. The van der Waals surface area contributed by atoms with Gasteiger partial charge in [-0.2, -0.15) is 0 Å². The fraction of sp³-hybridized carbons (Fsp3) is 0. The molecule has 0 unspecified atom stereocenters. The van der Waals surface area contributed by atoms with E-state index in [1.807, 2.05) is 5.43 Å². The molecule has 5 nitrogen and oxygen atoms in total. The van der Waals surface area contributed by atoms with Gasteiger partial charge in [0.25, 0.3) is 15.9 Å². The minimum atomic E-state index is -4.26. The van der Waals surface area contributed by atoms with Crippen molar-refractivity contribution in [1.29, 1.82) is 0 Å². The van der Waals surface area contributed by atoms with Crippen LogP contribution >= 0.6 is 23.2 Å². The normalized spacial score (nSPS) is 11.2. The van der Waals surface area contributed by atoms with Crippen LogP contribution in [0.4, 0.5) is 4.39 Å². The van der Waals surface area contributed by atoms with Crippen LogP contribution in [0.3, 0.4) is 0 Å². The first kappa shape index (κ1) is 16.7. The van der Waals surface area contributed by atoms with Crippen LogP contribution < -0.4 is 10.3 Å². The lowest BCUT2D eigenvalue weighted by Crippen LogP contribution is -2.41. The molecular formula is C13H9Cl2FN2O3S. The van der Waals surface area contributed by atoms with Crippen molar-refractivity contribution in [2.75, 3.05) is 0 Å². The first-order valence-corrected chi connectivity index (χ1v) is 8.06. The highest BCUT2D eigenvalue weighted by atomic mass is 35.5. The van der Waals surface area contributed by atoms with Gasteiger partial charge in [0, 0.05) is 15.6 Å². The predicted molar refractivity (Wildman–Crippen MR) is 80.6 cm³/mol. The molecule has 0 atom stereocenters. The molecule has 22 heavy (non-hydrogen) atoms. The summed E-state index contributed by atoms with van der Waals surface area (Å²) in [5.41, 5.74) is 2.16. The van der Waals surface area contributed by atoms with Gasteiger partial charge in [-0.05, 0) is 42.5 Å². The molecule has 0 radical (unpaired) electrons. The number of amides is 1. The summed E-state index contributed by atoms with van der Waals surface area (Å²) < 4.78 is 37.5. The topological polar surface area (TPSA) is 75.3 Å². The molecule has 2 N–H and O–H groups in total. The first-order valence-electron chi connectivity index (χ1n) is 5.82. The molecule has 0 aromatic heterocycles. The van der Waals surface area contributed by atoms with Crippen LogP contribution in [-0.2, 0) is 10.0 Å². The Kier molecular flexibility index (Phi) is 5.02. The third kappa shape index (κ3) is 3.95. The monoisotopic (exact) mass is 362 g/mol. The van der Waals surface area contributed by atoms with E-state index in [4.69, 9.17) is 23.2 Å². The third-order valence-corrected chi connectivity index (χ3v) is 4.36. The largest absolute Gasteiger partial charge is 0.273 e. The van der Waals surface area contributed by atoms with Crippen LogP contribution in [-0.4, -0.2) is 14.3 Å². The summed E-state index contributed by atoms with van der Waals surface area (Å²) in [5.74, 6) is -1.74. The van der Waals surface area contributed by atoms with E-state index >= 15 is 0 Å². The lowest BCUT2D eigenvalue weighted by atomic mass is 10.2. The second-order valence-electron chi connectivity index (χ2n) is 4.14. The lowest BCUT2D eigenvalue weighted by molar-refractivity contribution is 0.0945. The van der Waals surface area contributed by atoms with Gasteiger partial charge in [-0.3, -0.25) is 10.2 Å². The van der Waals surface area contributed by atoms with Crippen molar-refractivity contribution < 1.29 is 17.6 Å². The maximum absolute atomic E-state index is 13.6. The highest BCUT2D eigenvalue weighted by Crippen LogP contribution is 2.18. The lowest BCUT2D eigenvalue weighted by Gasteiger charge is -2.09. The maximum Gasteiger partial charge on any atom is 0.266 e. The van der Waals surface area contributed by atoms with Crippen molar-refractivity contribution in [3.05, 3.63) is 63.9 Å². The summed E-state index contributed by atoms with van der Waals surface area (Å²) in [6.07, 6.45) is 0. The molecule has 0 aliphatic carbocycles. The minimum absolute atomic E-state index is 0.0571. The number of benzene rings is 2. The molecule has 0 saturated carbocycles. The van der Waals surface area contributed by atoms with Gasteiger partial charge >= 0.3 is 0 Å². The molecule has 2 aromatic rings. The average Bonchev–Trinajstić information content (AvgIpc) is 2.45. The van der Waals surface area contributed by atoms with Crippen LogP contribution in [0, 0.1) is 5.82 Å². The Morgan fingerprint density at radius 1 is 1.00 bits per heavy atom. The Labute approximate surface area is 136 Å². The predicted octanol–water partition coefficient (Wildman–Crippen LogP) is 2.76. The number of carbonyl (C=O) groups is 1. The Hall–Kier alpha value is -1.67. The van der Waals surface area contributed by atoms with E-state index in [1.54, 1.807) is 4.83 Å². The SMILES string of the molecule is O=C(NNS(=O)(=O)c1ccc(Cl)cc1F)c1ccc(Cl)cc1. The van der Waals surface area contributed by atoms with Gasteiger partial charge in [0.1, 0.15) is 10.7 Å². The zero-order valence-electron chi connectivity index (χ0n) is 10.8. The van der Waals surface area contributed by atoms with Gasteiger partial charge < -0.3 is 0 Å². The Morgan fingerprint density at radius 2 is 1.59 bits per heavy atom. The summed E-state index contributed by atoms with van der Waals surface area (Å²) in [7, 11) is -4.26. The highest BCUT2D eigenvalue weighted by Gasteiger charge is 2.20. The van der Waals surface area contributed by atoms with E-state index in [0.29, 0.717) is 5.02 Å². The molecule has 0 spiro atoms. The van der Waals surface area contributed by atoms with Crippen LogP contribution in [0.15, 0.2) is 47.4 Å². The van der Waals surface area contributed by atoms with E-state index in [-0.39, 0.29) is 10.6 Å². The second-order valence-corrected chi connectivity index (χ2v) is 6.66. The van der Waals surface area contributed by atoms with Crippen molar-refractivity contribution >= 4 is 39.1 Å². The van der Waals surface area contributed by atoms with Gasteiger partial charge in [-0.15, -0.1) is 4.83 Å². The molecule has 9 heteroatoms. The van der Waals surface area contributed by atoms with Crippen molar-refractivity contribution in [2.45, 2.75) is 4.90 Å². The van der Waals surface area contributed by atoms with E-state index < -0.39 is 26.6 Å². The molecule has 0 aliphatic rings. The number of sulfonamides is 1. The third-order valence-electron chi connectivity index (χ3n) is 2.59. The number of rotatable bonds is 4. The molecule has 2 aromatic carbocycles. The van der Waals surface area contributed by atoms with Gasteiger partial charge in [0.05, 0.1) is 0 Å². The molecule has 1 amide bonds. The van der Waals surface area contributed by atoms with Crippen LogP contribution in [0.2, 0.25) is 10.0 Å². The second kappa shape index (κ2) is 6.62. The number of halogens is 3. The average molecular weight is 363 g/mol. The van der Waals surface area contributed by atoms with Crippen molar-refractivity contribution in [1.82, 2.24) is 10.3 Å². The molecule has 0 saturated heterocycles. The van der Waals surface area contributed by atoms with Gasteiger partial charge in [0.2, 0.25) is 0 Å². The van der Waals surface area contributed by atoms with E-state index in [9.17, 15) is 17.6 Å². The smallest absolute Gasteiger partial charge is 0.266 e. The molecule has 0 aliphatic heterocycles. The number of carbonyl (C=O) groups excluding carboxylic acids is 1. The fourth-order valence-corrected chi connectivity index (χ4v) is 2.72. The Bertz CT molecular complexity index is 811. The van der Waals surface area contributed by atoms with Crippen LogP contribution in [0.25, 0.3) is 0 Å². The summed E-state index contributed by atoms with van der Waals surface area (Å²) in [5, 5.41) is 0.488. The first-order chi connectivity index (χ1) is 10.3. The molecule has 0 fully saturated rings. The van der Waals surface area contributed by atoms with E-state index in [0.717, 1.165) is 12.1 Å². The Balaban J connectivity index is 2.12. The van der Waals surface area contributed by atoms with Crippen LogP contribution in [0.1, 0.15) is 10.4 Å².